The number of esters is 3. The molecule has 0 aromatic rings. The SMILES string of the molecule is CCCCC/C=C\C/C=C\C/C=C\C/C=C\CCCCCCCCCCCCCCCCCCCC(=O)OCC(O)COP(=O)(O)OCC(O)COP(=O)(O)OCC(COC(=O)CCCCCCCCCCCCCCCCCCC/C=C\C/C=C\C/C=C\C/C=C\CCCCC)OC(=O)CCCCCCCCC/C=C\C/C=C\C/C=C\C/C=C\CCCCC. The minimum Gasteiger partial charge on any atom is -0.463 e. The van der Waals surface area contributed by atoms with Crippen molar-refractivity contribution in [1.29, 1.82) is 0 Å². The summed E-state index contributed by atoms with van der Waals surface area (Å²) in [5, 5.41) is 20.8. The van der Waals surface area contributed by atoms with Gasteiger partial charge in [0.1, 0.15) is 25.4 Å². The summed E-state index contributed by atoms with van der Waals surface area (Å²) < 4.78 is 61.7. The van der Waals surface area contributed by atoms with Crippen molar-refractivity contribution >= 4 is 33.6 Å². The van der Waals surface area contributed by atoms with Crippen LogP contribution in [0.5, 0.6) is 0 Å². The molecular weight excluding hydrogens is 1600 g/mol. The van der Waals surface area contributed by atoms with E-state index in [1.165, 1.54) is 257 Å². The number of aliphatic hydroxyl groups is 2. The Balaban J connectivity index is 4.56. The second kappa shape index (κ2) is 98.5. The maximum absolute atomic E-state index is 13.1. The lowest BCUT2D eigenvalue weighted by Gasteiger charge is -2.21. The van der Waals surface area contributed by atoms with Crippen LogP contribution in [0.25, 0.3) is 0 Å². The molecule has 0 saturated carbocycles. The van der Waals surface area contributed by atoms with Crippen LogP contribution in [0.2, 0.25) is 0 Å². The first-order valence-corrected chi connectivity index (χ1v) is 54.1. The molecule has 0 aliphatic heterocycles. The second-order valence-electron chi connectivity index (χ2n) is 34.3. The molecule has 0 aromatic heterocycles. The summed E-state index contributed by atoms with van der Waals surface area (Å²) >= 11 is 0. The molecule has 0 fully saturated rings. The van der Waals surface area contributed by atoms with Gasteiger partial charge >= 0.3 is 33.6 Å². The topological polar surface area (TPSA) is 231 Å². The Hall–Kier alpha value is -4.57. The number of phosphoric ester groups is 2. The van der Waals surface area contributed by atoms with Crippen molar-refractivity contribution in [2.24, 2.45) is 0 Å². The van der Waals surface area contributed by atoms with Gasteiger partial charge in [0, 0.05) is 19.3 Å². The molecule has 0 heterocycles. The van der Waals surface area contributed by atoms with Crippen LogP contribution in [0.15, 0.2) is 146 Å². The Labute approximate surface area is 766 Å². The van der Waals surface area contributed by atoms with E-state index in [4.69, 9.17) is 32.3 Å². The molecule has 0 saturated heterocycles. The largest absolute Gasteiger partial charge is 0.472 e. The van der Waals surface area contributed by atoms with Crippen LogP contribution in [-0.2, 0) is 55.8 Å². The van der Waals surface area contributed by atoms with Crippen LogP contribution < -0.4 is 0 Å². The van der Waals surface area contributed by atoms with E-state index < -0.39 is 91.5 Å². The van der Waals surface area contributed by atoms with Crippen molar-refractivity contribution in [3.8, 4) is 0 Å². The molecule has 0 amide bonds. The smallest absolute Gasteiger partial charge is 0.463 e. The van der Waals surface area contributed by atoms with E-state index in [-0.39, 0.29) is 19.3 Å². The van der Waals surface area contributed by atoms with Gasteiger partial charge in [0.2, 0.25) is 0 Å². The van der Waals surface area contributed by atoms with Crippen molar-refractivity contribution in [3.63, 3.8) is 0 Å². The number of hydrogen-bond acceptors (Lipinski definition) is 14. The van der Waals surface area contributed by atoms with Gasteiger partial charge < -0.3 is 34.2 Å². The second-order valence-corrected chi connectivity index (χ2v) is 37.2. The number of ether oxygens (including phenoxy) is 3. The van der Waals surface area contributed by atoms with Crippen LogP contribution >= 0.6 is 15.6 Å². The molecule has 0 aliphatic carbocycles. The molecule has 4 N–H and O–H groups in total. The Morgan fingerprint density at radius 2 is 0.400 bits per heavy atom. The van der Waals surface area contributed by atoms with Crippen LogP contribution in [0.1, 0.15) is 457 Å². The molecule has 0 aromatic carbocycles. The van der Waals surface area contributed by atoms with Gasteiger partial charge in [-0.05, 0) is 154 Å². The molecule has 5 unspecified atom stereocenters. The molecule has 18 heteroatoms. The van der Waals surface area contributed by atoms with Gasteiger partial charge in [-0.3, -0.25) is 32.5 Å². The summed E-state index contributed by atoms with van der Waals surface area (Å²) in [6, 6.07) is 0. The van der Waals surface area contributed by atoms with Crippen LogP contribution in [-0.4, -0.2) is 95.9 Å². The lowest BCUT2D eigenvalue weighted by molar-refractivity contribution is -0.161. The Bertz CT molecular complexity index is 2850. The third kappa shape index (κ3) is 99.8. The molecule has 0 radical (unpaired) electrons. The van der Waals surface area contributed by atoms with E-state index in [0.717, 1.165) is 141 Å². The molecule has 722 valence electrons. The minimum atomic E-state index is -4.95. The zero-order valence-electron chi connectivity index (χ0n) is 80.0. The Morgan fingerprint density at radius 1 is 0.224 bits per heavy atom. The number of unbranched alkanes of at least 4 members (excludes halogenated alkanes) is 50. The normalized spacial score (nSPS) is 14.3. The van der Waals surface area contributed by atoms with E-state index in [1.54, 1.807) is 0 Å². The first-order chi connectivity index (χ1) is 61.2. The average molecular weight is 1790 g/mol. The Kier molecular flexibility index (Phi) is 94.9. The summed E-state index contributed by atoms with van der Waals surface area (Å²) in [6.45, 7) is 2.67. The molecule has 125 heavy (non-hydrogen) atoms. The highest BCUT2D eigenvalue weighted by molar-refractivity contribution is 7.47. The first-order valence-electron chi connectivity index (χ1n) is 51.1. The molecule has 0 aliphatic rings. The lowest BCUT2D eigenvalue weighted by atomic mass is 10.0. The number of allylic oxidation sites excluding steroid dienone is 24. The summed E-state index contributed by atoms with van der Waals surface area (Å²) in [5.74, 6) is -1.57. The van der Waals surface area contributed by atoms with Gasteiger partial charge in [-0.15, -0.1) is 0 Å². The summed E-state index contributed by atoms with van der Waals surface area (Å²) in [5.41, 5.74) is 0. The fourth-order valence-electron chi connectivity index (χ4n) is 14.2. The average Bonchev–Trinajstić information content (AvgIpc) is 0.904. The number of phosphoric acid groups is 2. The standard InChI is InChI=1S/C107H188O16P2/c1-4-7-10-13-16-19-22-25-28-31-34-37-40-42-44-46-48-50-52-54-56-58-61-63-66-69-72-75-78-81-84-87-90-93-105(110)117-96-102(108)97-119-124(113,114)120-98-103(109)99-121-125(115,116)122-101-104(123-107(112)95-92-89-86-83-80-77-74-71-68-65-60-39-36-33-30-27-24-21-18-15-12-9-6-3)100-118-106(111)94-91-88-85-82-79-76-73-70-67-64-62-59-57-55-53-51-49-47-45-43-41-38-35-32-29-26-23-20-17-14-11-8-5-2/h16-21,25-30,34-39,42-45,65,68,102-104,108-109H,4-15,22-24,31-33,40-41,46-64,66-67,69-101H2,1-3H3,(H,113,114)(H,115,116)/b19-16-,20-17-,21-18-,28-25-,29-26-,30-27-,37-34-,38-35-,39-36-,44-42-,45-43-,68-65-. The highest BCUT2D eigenvalue weighted by Gasteiger charge is 2.30. The quantitative estimate of drug-likeness (QED) is 0.0146. The zero-order valence-corrected chi connectivity index (χ0v) is 81.8. The molecule has 5 atom stereocenters. The van der Waals surface area contributed by atoms with Gasteiger partial charge in [-0.1, -0.05) is 430 Å². The van der Waals surface area contributed by atoms with E-state index in [1.807, 2.05) is 0 Å². The highest BCUT2D eigenvalue weighted by atomic mass is 31.2. The predicted molar refractivity (Wildman–Crippen MR) is 528 cm³/mol. The van der Waals surface area contributed by atoms with Gasteiger partial charge in [0.05, 0.1) is 26.4 Å². The van der Waals surface area contributed by atoms with Crippen molar-refractivity contribution < 1.29 is 75.8 Å². The fraction of sp³-hybridized carbons (Fsp3) is 0.748. The van der Waals surface area contributed by atoms with Crippen molar-refractivity contribution in [2.75, 3.05) is 39.6 Å². The van der Waals surface area contributed by atoms with Crippen molar-refractivity contribution in [1.82, 2.24) is 0 Å². The maximum atomic E-state index is 13.1. The summed E-state index contributed by atoms with van der Waals surface area (Å²) in [7, 11) is -9.82. The lowest BCUT2D eigenvalue weighted by Crippen LogP contribution is -2.30. The zero-order chi connectivity index (χ0) is 90.7. The van der Waals surface area contributed by atoms with Crippen LogP contribution in [0.3, 0.4) is 0 Å². The summed E-state index contributed by atoms with van der Waals surface area (Å²) in [4.78, 5) is 59.2. The van der Waals surface area contributed by atoms with Crippen molar-refractivity contribution in [3.05, 3.63) is 146 Å². The van der Waals surface area contributed by atoms with Gasteiger partial charge in [0.25, 0.3) is 0 Å². The fourth-order valence-corrected chi connectivity index (χ4v) is 15.8. The maximum Gasteiger partial charge on any atom is 0.472 e. The van der Waals surface area contributed by atoms with Crippen LogP contribution in [0, 0.1) is 0 Å². The first kappa shape index (κ1) is 120. The number of hydrogen-bond donors (Lipinski definition) is 4. The van der Waals surface area contributed by atoms with Crippen LogP contribution in [0.4, 0.5) is 0 Å². The summed E-state index contributed by atoms with van der Waals surface area (Å²) in [6.07, 6.45) is 126. The number of carbonyl (C=O) groups excluding carboxylic acids is 3. The van der Waals surface area contributed by atoms with Gasteiger partial charge in [-0.25, -0.2) is 9.13 Å². The number of carbonyl (C=O) groups is 3. The number of rotatable bonds is 97. The molecule has 0 spiro atoms. The third-order valence-electron chi connectivity index (χ3n) is 22.0. The third-order valence-corrected chi connectivity index (χ3v) is 23.9. The van der Waals surface area contributed by atoms with Gasteiger partial charge in [0.15, 0.2) is 6.10 Å². The molecule has 0 bridgehead atoms. The molecule has 16 nitrogen and oxygen atoms in total. The highest BCUT2D eigenvalue weighted by Crippen LogP contribution is 2.45. The Morgan fingerprint density at radius 3 is 0.632 bits per heavy atom. The number of aliphatic hydroxyl groups excluding tert-OH is 2. The van der Waals surface area contributed by atoms with E-state index >= 15 is 0 Å². The predicted octanol–water partition coefficient (Wildman–Crippen LogP) is 32.2. The van der Waals surface area contributed by atoms with Gasteiger partial charge in [-0.2, -0.15) is 0 Å². The van der Waals surface area contributed by atoms with E-state index in [0.29, 0.717) is 19.3 Å². The van der Waals surface area contributed by atoms with Crippen molar-refractivity contribution in [2.45, 2.75) is 476 Å². The monoisotopic (exact) mass is 1790 g/mol. The molecule has 0 rings (SSSR count). The van der Waals surface area contributed by atoms with E-state index in [9.17, 15) is 43.5 Å². The molecular formula is C107H188O16P2. The minimum absolute atomic E-state index is 0.0914. The van der Waals surface area contributed by atoms with E-state index in [2.05, 4.69) is 167 Å².